The lowest BCUT2D eigenvalue weighted by Crippen LogP contribution is -2.52. The van der Waals surface area contributed by atoms with Gasteiger partial charge in [0.05, 0.1) is 0 Å². The predicted octanol–water partition coefficient (Wildman–Crippen LogP) is 3.94. The van der Waals surface area contributed by atoms with Crippen LogP contribution in [0, 0.1) is 5.41 Å². The quantitative estimate of drug-likeness (QED) is 0.696. The Balaban J connectivity index is 1.84. The average molecular weight is 408 g/mol. The molecule has 2 heterocycles. The van der Waals surface area contributed by atoms with Gasteiger partial charge in [0.25, 0.3) is 5.91 Å². The van der Waals surface area contributed by atoms with Crippen molar-refractivity contribution in [3.8, 4) is 0 Å². The Kier molecular flexibility index (Phi) is 4.87. The van der Waals surface area contributed by atoms with Crippen molar-refractivity contribution in [2.45, 2.75) is 38.5 Å². The van der Waals surface area contributed by atoms with Gasteiger partial charge in [-0.2, -0.15) is 26.3 Å². The van der Waals surface area contributed by atoms with Crippen LogP contribution in [0.4, 0.5) is 32.0 Å². The highest BCUT2D eigenvalue weighted by Crippen LogP contribution is 2.55. The van der Waals surface area contributed by atoms with Gasteiger partial charge in [-0.05, 0) is 36.6 Å². The van der Waals surface area contributed by atoms with Crippen LogP contribution in [0.25, 0.3) is 0 Å². The van der Waals surface area contributed by atoms with Gasteiger partial charge in [-0.25, -0.2) is 0 Å². The van der Waals surface area contributed by atoms with Gasteiger partial charge in [0.1, 0.15) is 0 Å². The summed E-state index contributed by atoms with van der Waals surface area (Å²) in [7, 11) is 0. The fourth-order valence-corrected chi connectivity index (χ4v) is 3.77. The minimum absolute atomic E-state index is 0.0182. The molecule has 0 unspecified atom stereocenters. The Bertz CT molecular complexity index is 788. The number of alkyl halides is 6. The van der Waals surface area contributed by atoms with Crippen LogP contribution in [-0.2, 0) is 11.2 Å². The molecule has 2 aliphatic rings. The molecule has 0 N–H and O–H groups in total. The molecule has 154 valence electrons. The van der Waals surface area contributed by atoms with E-state index in [1.165, 1.54) is 18.2 Å². The Morgan fingerprint density at radius 2 is 1.71 bits per heavy atom. The maximum absolute atomic E-state index is 13.2. The van der Waals surface area contributed by atoms with E-state index in [4.69, 9.17) is 0 Å². The zero-order valence-electron chi connectivity index (χ0n) is 15.0. The minimum Gasteiger partial charge on any atom is -0.337 e. The van der Waals surface area contributed by atoms with Crippen LogP contribution in [0.1, 0.15) is 35.7 Å². The molecule has 0 radical (unpaired) electrons. The van der Waals surface area contributed by atoms with E-state index in [9.17, 15) is 35.9 Å². The third kappa shape index (κ3) is 3.12. The Labute approximate surface area is 157 Å². The van der Waals surface area contributed by atoms with Crippen LogP contribution < -0.4 is 4.90 Å². The molecule has 0 spiro atoms. The highest BCUT2D eigenvalue weighted by atomic mass is 19.4. The van der Waals surface area contributed by atoms with Gasteiger partial charge in [0.2, 0.25) is 5.91 Å². The lowest BCUT2D eigenvalue weighted by Gasteiger charge is -2.33. The van der Waals surface area contributed by atoms with E-state index in [1.807, 2.05) is 0 Å². The number of carbonyl (C=O) groups excluding carboxylic acids is 2. The standard InChI is InChI=1S/C18H18F6N2O2/c1-2-14(27)26-7-5-11-9-12(3-4-13(11)26)15(28)25-8-6-16(10-25,17(19,20)21)18(22,23)24/h3-4,9H,2,5-8,10H2,1H3. The van der Waals surface area contributed by atoms with Gasteiger partial charge in [0.15, 0.2) is 5.41 Å². The molecule has 0 aromatic heterocycles. The zero-order chi connectivity index (χ0) is 20.9. The molecular formula is C18H18F6N2O2. The summed E-state index contributed by atoms with van der Waals surface area (Å²) in [5.41, 5.74) is -2.60. The van der Waals surface area contributed by atoms with Crippen molar-refractivity contribution >= 4 is 17.5 Å². The topological polar surface area (TPSA) is 40.6 Å². The zero-order valence-corrected chi connectivity index (χ0v) is 15.0. The Morgan fingerprint density at radius 3 is 2.25 bits per heavy atom. The van der Waals surface area contributed by atoms with E-state index in [0.717, 1.165) is 0 Å². The number of hydrogen-bond donors (Lipinski definition) is 0. The summed E-state index contributed by atoms with van der Waals surface area (Å²) < 4.78 is 79.1. The summed E-state index contributed by atoms with van der Waals surface area (Å²) in [6.07, 6.45) is -11.4. The van der Waals surface area contributed by atoms with E-state index >= 15 is 0 Å². The molecular weight excluding hydrogens is 390 g/mol. The SMILES string of the molecule is CCC(=O)N1CCc2cc(C(=O)N3CCC(C(F)(F)F)(C(F)(F)F)C3)ccc21. The van der Waals surface area contributed by atoms with Crippen LogP contribution in [0.15, 0.2) is 18.2 Å². The van der Waals surface area contributed by atoms with Crippen molar-refractivity contribution < 1.29 is 35.9 Å². The predicted molar refractivity (Wildman–Crippen MR) is 87.9 cm³/mol. The van der Waals surface area contributed by atoms with Crippen LogP contribution in [0.2, 0.25) is 0 Å². The number of fused-ring (bicyclic) bond motifs is 1. The van der Waals surface area contributed by atoms with Crippen LogP contribution in [0.3, 0.4) is 0 Å². The molecule has 1 saturated heterocycles. The smallest absolute Gasteiger partial charge is 0.337 e. The molecule has 0 atom stereocenters. The van der Waals surface area contributed by atoms with E-state index in [2.05, 4.69) is 0 Å². The number of halogens is 6. The lowest BCUT2D eigenvalue weighted by molar-refractivity contribution is -0.334. The second kappa shape index (κ2) is 6.66. The van der Waals surface area contributed by atoms with Crippen molar-refractivity contribution in [1.82, 2.24) is 4.90 Å². The number of benzene rings is 1. The Hall–Kier alpha value is -2.26. The number of hydrogen-bond acceptors (Lipinski definition) is 2. The third-order valence-electron chi connectivity index (χ3n) is 5.47. The first-order valence-corrected chi connectivity index (χ1v) is 8.77. The monoisotopic (exact) mass is 408 g/mol. The fraction of sp³-hybridized carbons (Fsp3) is 0.556. The van der Waals surface area contributed by atoms with Crippen molar-refractivity contribution in [2.24, 2.45) is 5.41 Å². The molecule has 1 aromatic rings. The second-order valence-corrected chi connectivity index (χ2v) is 7.05. The van der Waals surface area contributed by atoms with E-state index in [-0.39, 0.29) is 11.5 Å². The molecule has 3 rings (SSSR count). The molecule has 0 bridgehead atoms. The summed E-state index contributed by atoms with van der Waals surface area (Å²) in [5.74, 6) is -0.976. The summed E-state index contributed by atoms with van der Waals surface area (Å²) in [4.78, 5) is 26.6. The first kappa shape index (κ1) is 20.5. The van der Waals surface area contributed by atoms with Gasteiger partial charge in [-0.3, -0.25) is 9.59 Å². The molecule has 4 nitrogen and oxygen atoms in total. The van der Waals surface area contributed by atoms with Crippen molar-refractivity contribution in [2.75, 3.05) is 24.5 Å². The van der Waals surface area contributed by atoms with Crippen molar-refractivity contribution in [3.63, 3.8) is 0 Å². The van der Waals surface area contributed by atoms with Gasteiger partial charge in [0, 0.05) is 37.3 Å². The molecule has 2 aliphatic heterocycles. The third-order valence-corrected chi connectivity index (χ3v) is 5.47. The number of carbonyl (C=O) groups is 2. The molecule has 1 fully saturated rings. The van der Waals surface area contributed by atoms with Crippen LogP contribution in [-0.4, -0.2) is 48.7 Å². The van der Waals surface area contributed by atoms with Gasteiger partial charge in [-0.1, -0.05) is 6.92 Å². The summed E-state index contributed by atoms with van der Waals surface area (Å²) >= 11 is 0. The largest absolute Gasteiger partial charge is 0.404 e. The number of rotatable bonds is 2. The van der Waals surface area contributed by atoms with Crippen LogP contribution in [0.5, 0.6) is 0 Å². The molecule has 0 saturated carbocycles. The van der Waals surface area contributed by atoms with Crippen LogP contribution >= 0.6 is 0 Å². The maximum atomic E-state index is 13.2. The second-order valence-electron chi connectivity index (χ2n) is 7.05. The van der Waals surface area contributed by atoms with E-state index < -0.39 is 43.2 Å². The maximum Gasteiger partial charge on any atom is 0.404 e. The number of anilines is 1. The van der Waals surface area contributed by atoms with E-state index in [1.54, 1.807) is 11.8 Å². The van der Waals surface area contributed by atoms with E-state index in [0.29, 0.717) is 35.5 Å². The Morgan fingerprint density at radius 1 is 1.07 bits per heavy atom. The first-order chi connectivity index (χ1) is 12.9. The van der Waals surface area contributed by atoms with Crippen molar-refractivity contribution in [1.29, 1.82) is 0 Å². The van der Waals surface area contributed by atoms with Gasteiger partial charge < -0.3 is 9.80 Å². The highest BCUT2D eigenvalue weighted by molar-refractivity contribution is 5.98. The summed E-state index contributed by atoms with van der Waals surface area (Å²) in [6.45, 7) is 0.0551. The average Bonchev–Trinajstić information content (AvgIpc) is 3.24. The molecule has 28 heavy (non-hydrogen) atoms. The lowest BCUT2D eigenvalue weighted by atomic mass is 9.85. The van der Waals surface area contributed by atoms with Gasteiger partial charge in [-0.15, -0.1) is 0 Å². The van der Waals surface area contributed by atoms with Gasteiger partial charge >= 0.3 is 12.4 Å². The normalized spacial score (nSPS) is 19.1. The molecule has 1 aromatic carbocycles. The molecule has 10 heteroatoms. The summed E-state index contributed by atoms with van der Waals surface area (Å²) in [6, 6.07) is 4.30. The number of likely N-dealkylation sites (tertiary alicyclic amines) is 1. The fourth-order valence-electron chi connectivity index (χ4n) is 3.77. The minimum atomic E-state index is -5.50. The first-order valence-electron chi connectivity index (χ1n) is 8.77. The number of amides is 2. The molecule has 2 amide bonds. The summed E-state index contributed by atoms with van der Waals surface area (Å²) in [5, 5.41) is 0. The molecule has 0 aliphatic carbocycles. The highest BCUT2D eigenvalue weighted by Gasteiger charge is 2.72. The number of nitrogens with zero attached hydrogens (tertiary/aromatic N) is 2. The van der Waals surface area contributed by atoms with Crippen molar-refractivity contribution in [3.05, 3.63) is 29.3 Å².